The molecule has 0 saturated carbocycles. The van der Waals surface area contributed by atoms with Crippen LogP contribution in [0.2, 0.25) is 0 Å². The Kier molecular flexibility index (Phi) is 8.68. The van der Waals surface area contributed by atoms with Crippen LogP contribution < -0.4 is 4.80 Å². The molecule has 0 fully saturated rings. The molecule has 4 aromatic rings. The van der Waals surface area contributed by atoms with Crippen LogP contribution in [-0.4, -0.2) is 42.3 Å². The molecule has 0 N–H and O–H groups in total. The lowest BCUT2D eigenvalue weighted by molar-refractivity contribution is -0.143. The first-order valence-electron chi connectivity index (χ1n) is 12.0. The van der Waals surface area contributed by atoms with Crippen molar-refractivity contribution in [1.82, 2.24) is 8.87 Å². The standard InChI is InChI=1S/C27H25F2N3O5S2/c1-3-31(16-18-8-6-5-7-9-18)39(35,36)21-12-10-19(11-13-21)26(34)30-27-32(17-24(33)37-4-2)25-22(29)14-20(28)15-23(25)38-27/h5-15H,3-4,16-17H2,1-2H3. The Hall–Kier alpha value is -3.74. The summed E-state index contributed by atoms with van der Waals surface area (Å²) in [5.74, 6) is -3.15. The average Bonchev–Trinajstić information content (AvgIpc) is 3.24. The summed E-state index contributed by atoms with van der Waals surface area (Å²) in [5, 5.41) is 0. The van der Waals surface area contributed by atoms with Gasteiger partial charge < -0.3 is 9.30 Å². The summed E-state index contributed by atoms with van der Waals surface area (Å²) in [5.41, 5.74) is 0.830. The van der Waals surface area contributed by atoms with Gasteiger partial charge in [-0.25, -0.2) is 17.2 Å². The molecule has 0 bridgehead atoms. The minimum atomic E-state index is -3.84. The number of thiazole rings is 1. The number of hydrogen-bond acceptors (Lipinski definition) is 6. The molecule has 0 aliphatic carbocycles. The van der Waals surface area contributed by atoms with Crippen molar-refractivity contribution in [3.63, 3.8) is 0 Å². The molecule has 204 valence electrons. The predicted molar refractivity (Wildman–Crippen MR) is 142 cm³/mol. The number of nitrogens with zero attached hydrogens (tertiary/aromatic N) is 3. The lowest BCUT2D eigenvalue weighted by Crippen LogP contribution is -2.30. The lowest BCUT2D eigenvalue weighted by atomic mass is 10.2. The number of ether oxygens (including phenoxy) is 1. The predicted octanol–water partition coefficient (Wildman–Crippen LogP) is 4.50. The summed E-state index contributed by atoms with van der Waals surface area (Å²) in [6.45, 7) is 3.46. The molecule has 39 heavy (non-hydrogen) atoms. The Balaban J connectivity index is 1.66. The fourth-order valence-corrected chi connectivity index (χ4v) is 6.42. The number of fused-ring (bicyclic) bond motifs is 1. The van der Waals surface area contributed by atoms with Crippen LogP contribution in [-0.2, 0) is 32.6 Å². The first-order valence-corrected chi connectivity index (χ1v) is 14.3. The quantitative estimate of drug-likeness (QED) is 0.275. The van der Waals surface area contributed by atoms with E-state index in [1.165, 1.54) is 28.6 Å². The highest BCUT2D eigenvalue weighted by Crippen LogP contribution is 2.23. The molecule has 1 amide bonds. The van der Waals surface area contributed by atoms with Gasteiger partial charge in [0, 0.05) is 24.7 Å². The molecule has 0 unspecified atom stereocenters. The van der Waals surface area contributed by atoms with Crippen molar-refractivity contribution in [2.45, 2.75) is 31.8 Å². The van der Waals surface area contributed by atoms with Crippen LogP contribution in [0.15, 0.2) is 76.6 Å². The van der Waals surface area contributed by atoms with Gasteiger partial charge in [0.1, 0.15) is 12.4 Å². The maximum atomic E-state index is 14.6. The van der Waals surface area contributed by atoms with Crippen LogP contribution in [0.1, 0.15) is 29.8 Å². The zero-order chi connectivity index (χ0) is 28.2. The van der Waals surface area contributed by atoms with Crippen LogP contribution in [0.4, 0.5) is 8.78 Å². The first kappa shape index (κ1) is 28.3. The molecular formula is C27H25F2N3O5S2. The summed E-state index contributed by atoms with van der Waals surface area (Å²) in [7, 11) is -3.84. The van der Waals surface area contributed by atoms with Crippen LogP contribution in [0.5, 0.6) is 0 Å². The monoisotopic (exact) mass is 573 g/mol. The zero-order valence-corrected chi connectivity index (χ0v) is 22.8. The van der Waals surface area contributed by atoms with E-state index < -0.39 is 40.1 Å². The summed E-state index contributed by atoms with van der Waals surface area (Å²) in [6, 6.07) is 16.2. The Morgan fingerprint density at radius 2 is 1.72 bits per heavy atom. The fourth-order valence-electron chi connectivity index (χ4n) is 3.92. The lowest BCUT2D eigenvalue weighted by Gasteiger charge is -2.20. The number of amides is 1. The third-order valence-electron chi connectivity index (χ3n) is 5.78. The molecule has 4 rings (SSSR count). The number of benzene rings is 3. The second-order valence-corrected chi connectivity index (χ2v) is 11.3. The van der Waals surface area contributed by atoms with Crippen LogP contribution in [0.3, 0.4) is 0 Å². The zero-order valence-electron chi connectivity index (χ0n) is 21.1. The van der Waals surface area contributed by atoms with Crippen molar-refractivity contribution in [3.8, 4) is 0 Å². The first-order chi connectivity index (χ1) is 18.6. The molecule has 12 heteroatoms. The number of carbonyl (C=O) groups excluding carboxylic acids is 2. The van der Waals surface area contributed by atoms with E-state index in [-0.39, 0.29) is 45.2 Å². The molecule has 0 spiro atoms. The number of esters is 1. The van der Waals surface area contributed by atoms with Crippen molar-refractivity contribution in [1.29, 1.82) is 0 Å². The molecule has 3 aromatic carbocycles. The third-order valence-corrected chi connectivity index (χ3v) is 8.74. The number of aromatic nitrogens is 1. The molecular weight excluding hydrogens is 548 g/mol. The summed E-state index contributed by atoms with van der Waals surface area (Å²) < 4.78 is 62.4. The van der Waals surface area contributed by atoms with E-state index in [1.54, 1.807) is 13.8 Å². The van der Waals surface area contributed by atoms with Gasteiger partial charge in [0.15, 0.2) is 10.6 Å². The molecule has 1 heterocycles. The van der Waals surface area contributed by atoms with Gasteiger partial charge in [-0.2, -0.15) is 9.30 Å². The van der Waals surface area contributed by atoms with E-state index in [1.807, 2.05) is 30.3 Å². The maximum Gasteiger partial charge on any atom is 0.326 e. The van der Waals surface area contributed by atoms with Crippen molar-refractivity contribution in [2.75, 3.05) is 13.2 Å². The normalized spacial score (nSPS) is 12.3. The highest BCUT2D eigenvalue weighted by molar-refractivity contribution is 7.89. The third kappa shape index (κ3) is 6.29. The smallest absolute Gasteiger partial charge is 0.326 e. The van der Waals surface area contributed by atoms with Gasteiger partial charge in [-0.3, -0.25) is 9.59 Å². The molecule has 8 nitrogen and oxygen atoms in total. The Morgan fingerprint density at radius 1 is 1.03 bits per heavy atom. The largest absolute Gasteiger partial charge is 0.465 e. The number of carbonyl (C=O) groups is 2. The van der Waals surface area contributed by atoms with Gasteiger partial charge in [-0.1, -0.05) is 48.6 Å². The molecule has 0 aliphatic heterocycles. The highest BCUT2D eigenvalue weighted by atomic mass is 32.2. The molecule has 0 atom stereocenters. The van der Waals surface area contributed by atoms with Crippen molar-refractivity contribution in [2.24, 2.45) is 4.99 Å². The average molecular weight is 574 g/mol. The number of halogens is 2. The number of sulfonamides is 1. The van der Waals surface area contributed by atoms with Crippen LogP contribution in [0.25, 0.3) is 10.2 Å². The number of rotatable bonds is 9. The summed E-state index contributed by atoms with van der Waals surface area (Å²) >= 11 is 0.836. The van der Waals surface area contributed by atoms with Gasteiger partial charge >= 0.3 is 5.97 Å². The van der Waals surface area contributed by atoms with Crippen molar-refractivity contribution in [3.05, 3.63) is 94.3 Å². The molecule has 1 aromatic heterocycles. The Morgan fingerprint density at radius 3 is 2.36 bits per heavy atom. The highest BCUT2D eigenvalue weighted by Gasteiger charge is 2.24. The maximum absolute atomic E-state index is 14.6. The van der Waals surface area contributed by atoms with E-state index in [2.05, 4.69) is 4.99 Å². The van der Waals surface area contributed by atoms with Crippen LogP contribution in [0, 0.1) is 11.6 Å². The van der Waals surface area contributed by atoms with E-state index in [4.69, 9.17) is 4.74 Å². The van der Waals surface area contributed by atoms with Gasteiger partial charge in [-0.05, 0) is 42.8 Å². The van der Waals surface area contributed by atoms with Crippen molar-refractivity contribution >= 4 is 43.5 Å². The Labute approximate surface area is 227 Å². The minimum Gasteiger partial charge on any atom is -0.465 e. The van der Waals surface area contributed by atoms with E-state index in [9.17, 15) is 26.8 Å². The number of hydrogen-bond donors (Lipinski definition) is 0. The van der Waals surface area contributed by atoms with Gasteiger partial charge in [0.2, 0.25) is 10.0 Å². The van der Waals surface area contributed by atoms with E-state index in [0.29, 0.717) is 6.07 Å². The molecule has 0 aliphatic rings. The summed E-state index contributed by atoms with van der Waals surface area (Å²) in [4.78, 5) is 29.1. The minimum absolute atomic E-state index is 0.00798. The molecule has 0 radical (unpaired) electrons. The Bertz CT molecular complexity index is 1680. The van der Waals surface area contributed by atoms with Gasteiger partial charge in [-0.15, -0.1) is 0 Å². The van der Waals surface area contributed by atoms with E-state index >= 15 is 0 Å². The summed E-state index contributed by atoms with van der Waals surface area (Å²) in [6.07, 6.45) is 0. The van der Waals surface area contributed by atoms with E-state index in [0.717, 1.165) is 27.5 Å². The second-order valence-electron chi connectivity index (χ2n) is 8.37. The molecule has 0 saturated heterocycles. The second kappa shape index (κ2) is 12.0. The van der Waals surface area contributed by atoms with Crippen molar-refractivity contribution < 1.29 is 31.5 Å². The van der Waals surface area contributed by atoms with Gasteiger partial charge in [0.25, 0.3) is 5.91 Å². The fraction of sp³-hybridized carbons (Fsp3) is 0.222. The SMILES string of the molecule is CCOC(=O)Cn1c(=NC(=O)c2ccc(S(=O)(=O)N(CC)Cc3ccccc3)cc2)sc2cc(F)cc(F)c21. The van der Waals surface area contributed by atoms with Gasteiger partial charge in [0.05, 0.1) is 21.7 Å². The topological polar surface area (TPSA) is 98.0 Å². The van der Waals surface area contributed by atoms with Crippen LogP contribution >= 0.6 is 11.3 Å².